The minimum atomic E-state index is -0.283. The van der Waals surface area contributed by atoms with Crippen molar-refractivity contribution in [2.24, 2.45) is 0 Å². The Morgan fingerprint density at radius 3 is 2.59 bits per heavy atom. The predicted molar refractivity (Wildman–Crippen MR) is 105 cm³/mol. The van der Waals surface area contributed by atoms with Crippen molar-refractivity contribution in [1.82, 2.24) is 15.1 Å². The monoisotopic (exact) mass is 360 g/mol. The van der Waals surface area contributed by atoms with Crippen molar-refractivity contribution in [3.05, 3.63) is 78.3 Å². The number of rotatable bonds is 4. The van der Waals surface area contributed by atoms with Crippen molar-refractivity contribution in [1.29, 1.82) is 0 Å². The minimum absolute atomic E-state index is 0.249. The second kappa shape index (κ2) is 6.99. The lowest BCUT2D eigenvalue weighted by Gasteiger charge is -2.14. The number of amides is 2. The van der Waals surface area contributed by atoms with Gasteiger partial charge in [0.25, 0.3) is 0 Å². The molecule has 0 aliphatic heterocycles. The molecule has 0 saturated heterocycles. The highest BCUT2D eigenvalue weighted by molar-refractivity contribution is 5.90. The van der Waals surface area contributed by atoms with E-state index in [2.05, 4.69) is 15.7 Å². The SMILES string of the molecule is Cc1c(C(C)NC(=O)Nc2ccc(-n3cccn3)cc2)oc2ccccc12. The molecule has 1 unspecified atom stereocenters. The summed E-state index contributed by atoms with van der Waals surface area (Å²) in [5, 5.41) is 11.0. The summed E-state index contributed by atoms with van der Waals surface area (Å²) in [6.07, 6.45) is 3.59. The van der Waals surface area contributed by atoms with Gasteiger partial charge in [-0.1, -0.05) is 18.2 Å². The number of nitrogens with one attached hydrogen (secondary N) is 2. The van der Waals surface area contributed by atoms with E-state index in [0.29, 0.717) is 5.69 Å². The van der Waals surface area contributed by atoms with Crippen LogP contribution in [0.1, 0.15) is 24.3 Å². The Hall–Kier alpha value is -3.54. The molecule has 2 aromatic carbocycles. The first-order valence-electron chi connectivity index (χ1n) is 8.77. The van der Waals surface area contributed by atoms with Gasteiger partial charge in [0, 0.05) is 29.0 Å². The van der Waals surface area contributed by atoms with Gasteiger partial charge in [0.1, 0.15) is 11.3 Å². The quantitative estimate of drug-likeness (QED) is 0.548. The van der Waals surface area contributed by atoms with Gasteiger partial charge in [0.2, 0.25) is 0 Å². The minimum Gasteiger partial charge on any atom is -0.459 e. The molecule has 2 aromatic heterocycles. The summed E-state index contributed by atoms with van der Waals surface area (Å²) in [5.74, 6) is 0.764. The van der Waals surface area contributed by atoms with Crippen LogP contribution in [-0.4, -0.2) is 15.8 Å². The van der Waals surface area contributed by atoms with E-state index in [9.17, 15) is 4.79 Å². The first kappa shape index (κ1) is 16.9. The van der Waals surface area contributed by atoms with Crippen molar-refractivity contribution in [2.75, 3.05) is 5.32 Å². The molecule has 2 N–H and O–H groups in total. The number of fused-ring (bicyclic) bond motifs is 1. The number of benzene rings is 2. The van der Waals surface area contributed by atoms with E-state index in [0.717, 1.165) is 28.0 Å². The fourth-order valence-electron chi connectivity index (χ4n) is 3.15. The van der Waals surface area contributed by atoms with E-state index in [1.54, 1.807) is 10.9 Å². The molecular weight excluding hydrogens is 340 g/mol. The molecule has 0 radical (unpaired) electrons. The normalized spacial score (nSPS) is 12.1. The molecule has 6 heteroatoms. The second-order valence-corrected chi connectivity index (χ2v) is 6.41. The maximum absolute atomic E-state index is 12.4. The van der Waals surface area contributed by atoms with Crippen LogP contribution in [0, 0.1) is 6.92 Å². The van der Waals surface area contributed by atoms with Crippen LogP contribution in [0.4, 0.5) is 10.5 Å². The molecule has 0 spiro atoms. The van der Waals surface area contributed by atoms with Gasteiger partial charge in [-0.2, -0.15) is 5.10 Å². The van der Waals surface area contributed by atoms with E-state index in [1.807, 2.05) is 74.6 Å². The van der Waals surface area contributed by atoms with Gasteiger partial charge in [-0.25, -0.2) is 9.48 Å². The van der Waals surface area contributed by atoms with Gasteiger partial charge in [-0.3, -0.25) is 0 Å². The summed E-state index contributed by atoms with van der Waals surface area (Å²) in [6.45, 7) is 3.91. The van der Waals surface area contributed by atoms with E-state index >= 15 is 0 Å². The number of furan rings is 1. The number of carbonyl (C=O) groups excluding carboxylic acids is 1. The molecule has 1 atom stereocenters. The Kier molecular flexibility index (Phi) is 4.38. The average molecular weight is 360 g/mol. The van der Waals surface area contributed by atoms with Crippen LogP contribution in [0.2, 0.25) is 0 Å². The van der Waals surface area contributed by atoms with Crippen molar-refractivity contribution < 1.29 is 9.21 Å². The molecule has 2 amide bonds. The van der Waals surface area contributed by atoms with E-state index in [4.69, 9.17) is 4.42 Å². The van der Waals surface area contributed by atoms with Crippen molar-refractivity contribution in [3.8, 4) is 5.69 Å². The number of para-hydroxylation sites is 1. The van der Waals surface area contributed by atoms with Crippen LogP contribution in [0.5, 0.6) is 0 Å². The van der Waals surface area contributed by atoms with Gasteiger partial charge in [0.15, 0.2) is 0 Å². The number of hydrogen-bond donors (Lipinski definition) is 2. The van der Waals surface area contributed by atoms with Crippen LogP contribution in [0.25, 0.3) is 16.7 Å². The summed E-state index contributed by atoms with van der Waals surface area (Å²) in [7, 11) is 0. The number of urea groups is 1. The lowest BCUT2D eigenvalue weighted by molar-refractivity contribution is 0.248. The number of nitrogens with zero attached hydrogens (tertiary/aromatic N) is 2. The molecule has 4 rings (SSSR count). The third-order valence-electron chi connectivity index (χ3n) is 4.52. The summed E-state index contributed by atoms with van der Waals surface area (Å²) in [4.78, 5) is 12.4. The fraction of sp³-hybridized carbons (Fsp3) is 0.143. The number of anilines is 1. The van der Waals surface area contributed by atoms with Crippen molar-refractivity contribution in [3.63, 3.8) is 0 Å². The van der Waals surface area contributed by atoms with Gasteiger partial charge < -0.3 is 15.1 Å². The van der Waals surface area contributed by atoms with E-state index in [1.165, 1.54) is 0 Å². The summed E-state index contributed by atoms with van der Waals surface area (Å²) >= 11 is 0. The molecule has 0 fully saturated rings. The Morgan fingerprint density at radius 1 is 1.11 bits per heavy atom. The smallest absolute Gasteiger partial charge is 0.319 e. The number of aromatic nitrogens is 2. The third kappa shape index (κ3) is 3.42. The lowest BCUT2D eigenvalue weighted by atomic mass is 10.1. The Labute approximate surface area is 156 Å². The molecule has 2 heterocycles. The molecule has 0 aliphatic rings. The molecule has 27 heavy (non-hydrogen) atoms. The van der Waals surface area contributed by atoms with Crippen LogP contribution in [0.3, 0.4) is 0 Å². The molecule has 0 saturated carbocycles. The molecule has 136 valence electrons. The van der Waals surface area contributed by atoms with Gasteiger partial charge in [-0.15, -0.1) is 0 Å². The zero-order valence-corrected chi connectivity index (χ0v) is 15.1. The number of aryl methyl sites for hydroxylation is 1. The standard InChI is InChI=1S/C21H20N4O2/c1-14-18-6-3-4-7-19(18)27-20(14)15(2)23-21(26)24-16-8-10-17(11-9-16)25-13-5-12-22-25/h3-13,15H,1-2H3,(H2,23,24,26). The van der Waals surface area contributed by atoms with E-state index < -0.39 is 0 Å². The zero-order chi connectivity index (χ0) is 18.8. The molecule has 0 aliphatic carbocycles. The third-order valence-corrected chi connectivity index (χ3v) is 4.52. The van der Waals surface area contributed by atoms with E-state index in [-0.39, 0.29) is 12.1 Å². The fourth-order valence-corrected chi connectivity index (χ4v) is 3.15. The Balaban J connectivity index is 1.43. The first-order valence-corrected chi connectivity index (χ1v) is 8.77. The highest BCUT2D eigenvalue weighted by Gasteiger charge is 2.18. The van der Waals surface area contributed by atoms with Crippen molar-refractivity contribution in [2.45, 2.75) is 19.9 Å². The summed E-state index contributed by atoms with van der Waals surface area (Å²) in [5.41, 5.74) is 3.50. The first-order chi connectivity index (χ1) is 13.1. The van der Waals surface area contributed by atoms with Gasteiger partial charge >= 0.3 is 6.03 Å². The van der Waals surface area contributed by atoms with Gasteiger partial charge in [0.05, 0.1) is 11.7 Å². The molecule has 0 bridgehead atoms. The largest absolute Gasteiger partial charge is 0.459 e. The molecular formula is C21H20N4O2. The van der Waals surface area contributed by atoms with Crippen LogP contribution < -0.4 is 10.6 Å². The predicted octanol–water partition coefficient (Wildman–Crippen LogP) is 4.81. The van der Waals surface area contributed by atoms with Crippen LogP contribution in [-0.2, 0) is 0 Å². The van der Waals surface area contributed by atoms with Gasteiger partial charge in [-0.05, 0) is 50.2 Å². The Bertz CT molecular complexity index is 1070. The van der Waals surface area contributed by atoms with Crippen LogP contribution >= 0.6 is 0 Å². The lowest BCUT2D eigenvalue weighted by Crippen LogP contribution is -2.31. The molecule has 6 nitrogen and oxygen atoms in total. The summed E-state index contributed by atoms with van der Waals surface area (Å²) < 4.78 is 7.68. The maximum Gasteiger partial charge on any atom is 0.319 e. The highest BCUT2D eigenvalue weighted by Crippen LogP contribution is 2.29. The van der Waals surface area contributed by atoms with Crippen LogP contribution in [0.15, 0.2) is 71.4 Å². The average Bonchev–Trinajstić information content (AvgIpc) is 3.31. The number of hydrogen-bond acceptors (Lipinski definition) is 3. The van der Waals surface area contributed by atoms with Crippen molar-refractivity contribution >= 4 is 22.7 Å². The maximum atomic E-state index is 12.4. The topological polar surface area (TPSA) is 72.1 Å². The zero-order valence-electron chi connectivity index (χ0n) is 15.1. The summed E-state index contributed by atoms with van der Waals surface area (Å²) in [6, 6.07) is 16.7. The highest BCUT2D eigenvalue weighted by atomic mass is 16.3. The molecule has 4 aromatic rings. The Morgan fingerprint density at radius 2 is 1.89 bits per heavy atom. The second-order valence-electron chi connectivity index (χ2n) is 6.41. The number of carbonyl (C=O) groups is 1.